The van der Waals surface area contributed by atoms with Gasteiger partial charge in [-0.25, -0.2) is 0 Å². The summed E-state index contributed by atoms with van der Waals surface area (Å²) in [6.45, 7) is 6.42. The van der Waals surface area contributed by atoms with Crippen molar-refractivity contribution in [3.05, 3.63) is 29.6 Å². The Morgan fingerprint density at radius 2 is 2.15 bits per heavy atom. The highest BCUT2D eigenvalue weighted by Gasteiger charge is 2.13. The van der Waals surface area contributed by atoms with Crippen molar-refractivity contribution < 1.29 is 0 Å². The highest BCUT2D eigenvalue weighted by Crippen LogP contribution is 2.21. The SMILES string of the molecule is CCc1ccncc1C(N)C(C)C. The molecule has 0 aliphatic heterocycles. The molecule has 1 aromatic rings. The van der Waals surface area contributed by atoms with Crippen molar-refractivity contribution in [2.24, 2.45) is 11.7 Å². The van der Waals surface area contributed by atoms with Crippen LogP contribution >= 0.6 is 0 Å². The number of aryl methyl sites for hydroxylation is 1. The second kappa shape index (κ2) is 4.38. The molecule has 72 valence electrons. The van der Waals surface area contributed by atoms with Crippen molar-refractivity contribution in [3.8, 4) is 0 Å². The van der Waals surface area contributed by atoms with Gasteiger partial charge in [-0.05, 0) is 29.5 Å². The van der Waals surface area contributed by atoms with Gasteiger partial charge < -0.3 is 5.73 Å². The van der Waals surface area contributed by atoms with Gasteiger partial charge in [0.2, 0.25) is 0 Å². The molecule has 0 fully saturated rings. The van der Waals surface area contributed by atoms with Gasteiger partial charge in [0.15, 0.2) is 0 Å². The monoisotopic (exact) mass is 178 g/mol. The summed E-state index contributed by atoms with van der Waals surface area (Å²) in [5.74, 6) is 0.467. The van der Waals surface area contributed by atoms with Crippen LogP contribution in [0.2, 0.25) is 0 Å². The van der Waals surface area contributed by atoms with E-state index in [1.54, 1.807) is 0 Å². The highest BCUT2D eigenvalue weighted by atomic mass is 14.7. The fourth-order valence-electron chi connectivity index (χ4n) is 1.42. The van der Waals surface area contributed by atoms with Gasteiger partial charge in [-0.1, -0.05) is 20.8 Å². The maximum atomic E-state index is 6.07. The predicted octanol–water partition coefficient (Wildman–Crippen LogP) is 2.30. The van der Waals surface area contributed by atoms with Gasteiger partial charge >= 0.3 is 0 Å². The van der Waals surface area contributed by atoms with E-state index >= 15 is 0 Å². The number of pyridine rings is 1. The van der Waals surface area contributed by atoms with Gasteiger partial charge in [0.05, 0.1) is 0 Å². The maximum absolute atomic E-state index is 6.07. The molecule has 2 heteroatoms. The molecule has 2 nitrogen and oxygen atoms in total. The topological polar surface area (TPSA) is 38.9 Å². The Bertz CT molecular complexity index is 269. The zero-order chi connectivity index (χ0) is 9.84. The Hall–Kier alpha value is -0.890. The van der Waals surface area contributed by atoms with Crippen molar-refractivity contribution >= 4 is 0 Å². The van der Waals surface area contributed by atoms with E-state index < -0.39 is 0 Å². The Labute approximate surface area is 80.2 Å². The third kappa shape index (κ3) is 2.28. The maximum Gasteiger partial charge on any atom is 0.0336 e. The number of nitrogens with zero attached hydrogens (tertiary/aromatic N) is 1. The molecule has 2 N–H and O–H groups in total. The Kier molecular flexibility index (Phi) is 3.43. The molecule has 0 radical (unpaired) electrons. The summed E-state index contributed by atoms with van der Waals surface area (Å²) in [7, 11) is 0. The molecule has 1 unspecified atom stereocenters. The van der Waals surface area contributed by atoms with E-state index in [1.165, 1.54) is 11.1 Å². The van der Waals surface area contributed by atoms with Crippen molar-refractivity contribution in [2.75, 3.05) is 0 Å². The quantitative estimate of drug-likeness (QED) is 0.771. The van der Waals surface area contributed by atoms with Crippen molar-refractivity contribution in [2.45, 2.75) is 33.2 Å². The standard InChI is InChI=1S/C11H18N2/c1-4-9-5-6-13-7-10(9)11(12)8(2)3/h5-8,11H,4,12H2,1-3H3. The average Bonchev–Trinajstić information content (AvgIpc) is 2.16. The summed E-state index contributed by atoms with van der Waals surface area (Å²) >= 11 is 0. The van der Waals surface area contributed by atoms with E-state index in [0.717, 1.165) is 6.42 Å². The second-order valence-electron chi connectivity index (χ2n) is 3.70. The fraction of sp³-hybridized carbons (Fsp3) is 0.545. The normalized spacial score (nSPS) is 13.3. The van der Waals surface area contributed by atoms with E-state index in [4.69, 9.17) is 5.73 Å². The smallest absolute Gasteiger partial charge is 0.0336 e. The first-order valence-corrected chi connectivity index (χ1v) is 4.85. The Balaban J connectivity index is 2.98. The average molecular weight is 178 g/mol. The third-order valence-electron chi connectivity index (χ3n) is 2.40. The summed E-state index contributed by atoms with van der Waals surface area (Å²) in [6, 6.07) is 2.17. The number of nitrogens with two attached hydrogens (primary N) is 1. The summed E-state index contributed by atoms with van der Waals surface area (Å²) in [5.41, 5.74) is 8.58. The van der Waals surface area contributed by atoms with Gasteiger partial charge in [-0.2, -0.15) is 0 Å². The van der Waals surface area contributed by atoms with Crippen LogP contribution in [0.1, 0.15) is 37.9 Å². The fourth-order valence-corrected chi connectivity index (χ4v) is 1.42. The Morgan fingerprint density at radius 1 is 1.46 bits per heavy atom. The molecule has 1 rings (SSSR count). The van der Waals surface area contributed by atoms with Gasteiger partial charge in [0.1, 0.15) is 0 Å². The molecule has 0 saturated carbocycles. The summed E-state index contributed by atoms with van der Waals surface area (Å²) in [4.78, 5) is 4.12. The molecule has 0 aliphatic rings. The summed E-state index contributed by atoms with van der Waals surface area (Å²) in [6.07, 6.45) is 4.75. The van der Waals surface area contributed by atoms with Gasteiger partial charge in [-0.3, -0.25) is 4.98 Å². The minimum Gasteiger partial charge on any atom is -0.324 e. The van der Waals surface area contributed by atoms with Crippen LogP contribution < -0.4 is 5.73 Å². The van der Waals surface area contributed by atoms with Crippen LogP contribution in [0.25, 0.3) is 0 Å². The largest absolute Gasteiger partial charge is 0.324 e. The number of hydrogen-bond donors (Lipinski definition) is 1. The molecule has 13 heavy (non-hydrogen) atoms. The van der Waals surface area contributed by atoms with Crippen LogP contribution in [-0.4, -0.2) is 4.98 Å². The molecule has 0 amide bonds. The Morgan fingerprint density at radius 3 is 2.69 bits per heavy atom. The van der Waals surface area contributed by atoms with Crippen LogP contribution in [0.15, 0.2) is 18.5 Å². The first-order chi connectivity index (χ1) is 6.16. The molecule has 0 aliphatic carbocycles. The predicted molar refractivity (Wildman–Crippen MR) is 55.4 cm³/mol. The molecule has 1 aromatic heterocycles. The summed E-state index contributed by atoms with van der Waals surface area (Å²) < 4.78 is 0. The van der Waals surface area contributed by atoms with E-state index in [9.17, 15) is 0 Å². The zero-order valence-electron chi connectivity index (χ0n) is 8.62. The third-order valence-corrected chi connectivity index (χ3v) is 2.40. The number of rotatable bonds is 3. The summed E-state index contributed by atoms with van der Waals surface area (Å²) in [5, 5.41) is 0. The lowest BCUT2D eigenvalue weighted by atomic mass is 9.94. The molecule has 0 bridgehead atoms. The molecule has 0 spiro atoms. The van der Waals surface area contributed by atoms with E-state index in [0.29, 0.717) is 5.92 Å². The second-order valence-corrected chi connectivity index (χ2v) is 3.70. The van der Waals surface area contributed by atoms with Crippen LogP contribution in [0.3, 0.4) is 0 Å². The minimum atomic E-state index is 0.114. The van der Waals surface area contributed by atoms with E-state index in [-0.39, 0.29) is 6.04 Å². The molecular weight excluding hydrogens is 160 g/mol. The van der Waals surface area contributed by atoms with Crippen molar-refractivity contribution in [1.29, 1.82) is 0 Å². The van der Waals surface area contributed by atoms with Crippen LogP contribution in [0.5, 0.6) is 0 Å². The first-order valence-electron chi connectivity index (χ1n) is 4.85. The zero-order valence-corrected chi connectivity index (χ0v) is 8.62. The molecule has 1 atom stereocenters. The highest BCUT2D eigenvalue weighted by molar-refractivity contribution is 5.26. The number of aromatic nitrogens is 1. The molecular formula is C11H18N2. The van der Waals surface area contributed by atoms with Crippen molar-refractivity contribution in [1.82, 2.24) is 4.98 Å². The van der Waals surface area contributed by atoms with Gasteiger partial charge in [0.25, 0.3) is 0 Å². The molecule has 0 aromatic carbocycles. The lowest BCUT2D eigenvalue weighted by molar-refractivity contribution is 0.509. The van der Waals surface area contributed by atoms with Crippen LogP contribution in [0, 0.1) is 5.92 Å². The minimum absolute atomic E-state index is 0.114. The van der Waals surface area contributed by atoms with Crippen LogP contribution in [0.4, 0.5) is 0 Å². The lowest BCUT2D eigenvalue weighted by Crippen LogP contribution is -2.18. The van der Waals surface area contributed by atoms with E-state index in [2.05, 4.69) is 31.8 Å². The number of hydrogen-bond acceptors (Lipinski definition) is 2. The van der Waals surface area contributed by atoms with Crippen molar-refractivity contribution in [3.63, 3.8) is 0 Å². The van der Waals surface area contributed by atoms with Gasteiger partial charge in [-0.15, -0.1) is 0 Å². The molecule has 1 heterocycles. The molecule has 0 saturated heterocycles. The van der Waals surface area contributed by atoms with Gasteiger partial charge in [0, 0.05) is 18.4 Å². The lowest BCUT2D eigenvalue weighted by Gasteiger charge is -2.18. The first kappa shape index (κ1) is 10.2. The van der Waals surface area contributed by atoms with Crippen LogP contribution in [-0.2, 0) is 6.42 Å². The van der Waals surface area contributed by atoms with E-state index in [1.807, 2.05) is 12.4 Å².